The molecule has 28 heavy (non-hydrogen) atoms. The van der Waals surface area contributed by atoms with Crippen molar-refractivity contribution in [2.24, 2.45) is 0 Å². The number of aryl methyl sites for hydroxylation is 2. The minimum Gasteiger partial charge on any atom is -0.348 e. The zero-order chi connectivity index (χ0) is 18.3. The molecule has 1 aromatic heterocycles. The Morgan fingerprint density at radius 2 is 1.79 bits per heavy atom. The molecule has 1 amide bonds. The van der Waals surface area contributed by atoms with E-state index in [1.54, 1.807) is 0 Å². The lowest BCUT2D eigenvalue weighted by atomic mass is 10.1. The van der Waals surface area contributed by atoms with Crippen LogP contribution in [0.1, 0.15) is 38.4 Å². The van der Waals surface area contributed by atoms with Gasteiger partial charge < -0.3 is 10.6 Å². The number of benzene rings is 2. The van der Waals surface area contributed by atoms with E-state index in [-0.39, 0.29) is 36.3 Å². The maximum absolute atomic E-state index is 13.9. The van der Waals surface area contributed by atoms with Gasteiger partial charge in [0, 0.05) is 25.7 Å². The molecule has 8 heteroatoms. The fourth-order valence-electron chi connectivity index (χ4n) is 3.21. The van der Waals surface area contributed by atoms with Crippen LogP contribution in [0.2, 0.25) is 0 Å². The lowest BCUT2D eigenvalue weighted by Crippen LogP contribution is -2.23. The Labute approximate surface area is 175 Å². The minimum atomic E-state index is -0.496. The van der Waals surface area contributed by atoms with E-state index in [1.165, 1.54) is 23.3 Å². The van der Waals surface area contributed by atoms with Gasteiger partial charge in [-0.15, -0.1) is 24.8 Å². The van der Waals surface area contributed by atoms with E-state index in [0.717, 1.165) is 30.0 Å². The smallest absolute Gasteiger partial charge is 0.253 e. The van der Waals surface area contributed by atoms with Crippen molar-refractivity contribution in [3.8, 4) is 0 Å². The molecule has 1 aliphatic rings. The maximum Gasteiger partial charge on any atom is 0.253 e. The van der Waals surface area contributed by atoms with Gasteiger partial charge in [-0.1, -0.05) is 18.2 Å². The summed E-state index contributed by atoms with van der Waals surface area (Å²) in [6, 6.07) is 8.69. The van der Waals surface area contributed by atoms with Gasteiger partial charge in [0.25, 0.3) is 5.91 Å². The molecule has 0 radical (unpaired) electrons. The summed E-state index contributed by atoms with van der Waals surface area (Å²) in [6.45, 7) is 5.75. The molecular weight excluding hydrogens is 402 g/mol. The van der Waals surface area contributed by atoms with Crippen molar-refractivity contribution in [3.05, 3.63) is 69.8 Å². The molecule has 2 aromatic carbocycles. The number of carbonyl (C=O) groups is 1. The minimum absolute atomic E-state index is 0. The number of nitrogens with zero attached hydrogens (tertiary/aromatic N) is 2. The molecule has 2 N–H and O–H groups in total. The molecule has 0 spiro atoms. The number of carbonyl (C=O) groups excluding carboxylic acids is 1. The summed E-state index contributed by atoms with van der Waals surface area (Å²) in [5, 5.41) is 6.16. The molecule has 2 heterocycles. The standard InChI is InChI=1S/C20H19FN4O.2ClH/c1-11-12(2)25-19-17(6-16(21)7-18(19)24-11)20(26)23-8-13-3-4-14-9-22-10-15(14)5-13;;/h3-7,22H,8-10H2,1-2H3,(H,23,26);2*1H. The lowest BCUT2D eigenvalue weighted by molar-refractivity contribution is 0.0952. The number of nitrogens with one attached hydrogen (secondary N) is 2. The van der Waals surface area contributed by atoms with Gasteiger partial charge in [-0.3, -0.25) is 4.79 Å². The Kier molecular flexibility index (Phi) is 6.93. The van der Waals surface area contributed by atoms with E-state index in [1.807, 2.05) is 19.9 Å². The maximum atomic E-state index is 13.9. The highest BCUT2D eigenvalue weighted by atomic mass is 35.5. The lowest BCUT2D eigenvalue weighted by Gasteiger charge is -2.10. The SMILES string of the molecule is Cc1nc2cc(F)cc(C(=O)NCc3ccc4c(c3)CNC4)c2nc1C.Cl.Cl. The summed E-state index contributed by atoms with van der Waals surface area (Å²) in [5.41, 5.74) is 6.03. The van der Waals surface area contributed by atoms with Gasteiger partial charge in [-0.25, -0.2) is 14.4 Å². The van der Waals surface area contributed by atoms with Gasteiger partial charge in [0.1, 0.15) is 11.3 Å². The summed E-state index contributed by atoms with van der Waals surface area (Å²) in [5.74, 6) is -0.852. The number of halogens is 3. The van der Waals surface area contributed by atoms with E-state index in [2.05, 4.69) is 32.7 Å². The molecule has 0 saturated carbocycles. The predicted molar refractivity (Wildman–Crippen MR) is 112 cm³/mol. The number of fused-ring (bicyclic) bond motifs is 2. The monoisotopic (exact) mass is 422 g/mol. The first-order chi connectivity index (χ1) is 12.5. The third kappa shape index (κ3) is 4.24. The second-order valence-electron chi connectivity index (χ2n) is 6.60. The van der Waals surface area contributed by atoms with Crippen LogP contribution in [-0.2, 0) is 19.6 Å². The Bertz CT molecular complexity index is 1040. The van der Waals surface area contributed by atoms with Crippen LogP contribution in [-0.4, -0.2) is 15.9 Å². The number of hydrogen-bond donors (Lipinski definition) is 2. The van der Waals surface area contributed by atoms with E-state index < -0.39 is 5.82 Å². The summed E-state index contributed by atoms with van der Waals surface area (Å²) in [6.07, 6.45) is 0. The first-order valence-corrected chi connectivity index (χ1v) is 8.55. The second-order valence-corrected chi connectivity index (χ2v) is 6.60. The van der Waals surface area contributed by atoms with Gasteiger partial charge in [-0.05, 0) is 36.6 Å². The van der Waals surface area contributed by atoms with Crippen LogP contribution >= 0.6 is 24.8 Å². The Morgan fingerprint density at radius 1 is 1.07 bits per heavy atom. The van der Waals surface area contributed by atoms with E-state index in [9.17, 15) is 9.18 Å². The van der Waals surface area contributed by atoms with Crippen LogP contribution < -0.4 is 10.6 Å². The van der Waals surface area contributed by atoms with Crippen molar-refractivity contribution in [2.75, 3.05) is 0 Å². The molecule has 3 aromatic rings. The van der Waals surface area contributed by atoms with Crippen LogP contribution in [0.4, 0.5) is 4.39 Å². The first-order valence-electron chi connectivity index (χ1n) is 8.55. The number of amides is 1. The van der Waals surface area contributed by atoms with Crippen molar-refractivity contribution in [1.29, 1.82) is 0 Å². The number of rotatable bonds is 3. The molecule has 5 nitrogen and oxygen atoms in total. The summed E-state index contributed by atoms with van der Waals surface area (Å²) < 4.78 is 13.9. The van der Waals surface area contributed by atoms with Gasteiger partial charge in [-0.2, -0.15) is 0 Å². The number of aromatic nitrogens is 2. The Morgan fingerprint density at radius 3 is 2.57 bits per heavy atom. The zero-order valence-electron chi connectivity index (χ0n) is 15.5. The highest BCUT2D eigenvalue weighted by Gasteiger charge is 2.16. The largest absolute Gasteiger partial charge is 0.348 e. The average Bonchev–Trinajstić information content (AvgIpc) is 3.08. The van der Waals surface area contributed by atoms with Gasteiger partial charge in [0.05, 0.1) is 22.5 Å². The highest BCUT2D eigenvalue weighted by Crippen LogP contribution is 2.20. The zero-order valence-corrected chi connectivity index (χ0v) is 17.1. The third-order valence-corrected chi connectivity index (χ3v) is 4.75. The van der Waals surface area contributed by atoms with E-state index >= 15 is 0 Å². The van der Waals surface area contributed by atoms with Gasteiger partial charge in [0.2, 0.25) is 0 Å². The van der Waals surface area contributed by atoms with E-state index in [4.69, 9.17) is 0 Å². The van der Waals surface area contributed by atoms with Gasteiger partial charge in [0.15, 0.2) is 0 Å². The third-order valence-electron chi connectivity index (χ3n) is 4.75. The van der Waals surface area contributed by atoms with Crippen LogP contribution in [0.5, 0.6) is 0 Å². The molecular formula is C20H21Cl2FN4O. The molecule has 0 aliphatic carbocycles. The molecule has 1 aliphatic heterocycles. The van der Waals surface area contributed by atoms with Crippen LogP contribution in [0.25, 0.3) is 11.0 Å². The Hall–Kier alpha value is -2.28. The summed E-state index contributed by atoms with van der Waals surface area (Å²) in [4.78, 5) is 21.4. The van der Waals surface area contributed by atoms with Gasteiger partial charge >= 0.3 is 0 Å². The summed E-state index contributed by atoms with van der Waals surface area (Å²) >= 11 is 0. The molecule has 0 unspecified atom stereocenters. The highest BCUT2D eigenvalue weighted by molar-refractivity contribution is 6.04. The van der Waals surface area contributed by atoms with Crippen LogP contribution in [0.3, 0.4) is 0 Å². The molecule has 0 atom stereocenters. The second kappa shape index (κ2) is 8.82. The first kappa shape index (κ1) is 22.0. The van der Waals surface area contributed by atoms with Crippen molar-refractivity contribution >= 4 is 41.8 Å². The van der Waals surface area contributed by atoms with Crippen LogP contribution in [0, 0.1) is 19.7 Å². The normalized spacial score (nSPS) is 12.1. The van der Waals surface area contributed by atoms with Crippen LogP contribution in [0.15, 0.2) is 30.3 Å². The average molecular weight is 423 g/mol. The fourth-order valence-corrected chi connectivity index (χ4v) is 3.21. The topological polar surface area (TPSA) is 66.9 Å². The van der Waals surface area contributed by atoms with E-state index in [0.29, 0.717) is 17.6 Å². The molecule has 0 bridgehead atoms. The Balaban J connectivity index is 0.00000140. The summed E-state index contributed by atoms with van der Waals surface area (Å²) in [7, 11) is 0. The molecule has 148 valence electrons. The molecule has 0 saturated heterocycles. The fraction of sp³-hybridized carbons (Fsp3) is 0.250. The van der Waals surface area contributed by atoms with Crippen molar-refractivity contribution in [3.63, 3.8) is 0 Å². The van der Waals surface area contributed by atoms with Crippen molar-refractivity contribution in [1.82, 2.24) is 20.6 Å². The molecule has 0 fully saturated rings. The molecule has 4 rings (SSSR count). The van der Waals surface area contributed by atoms with Crippen molar-refractivity contribution < 1.29 is 9.18 Å². The quantitative estimate of drug-likeness (QED) is 0.673. The predicted octanol–water partition coefficient (Wildman–Crippen LogP) is 3.76. The number of hydrogen-bond acceptors (Lipinski definition) is 4. The van der Waals surface area contributed by atoms with Crippen molar-refractivity contribution in [2.45, 2.75) is 33.5 Å².